The number of hydrogen-bond donors (Lipinski definition) is 1. The summed E-state index contributed by atoms with van der Waals surface area (Å²) in [5, 5.41) is 3.48. The highest BCUT2D eigenvalue weighted by atomic mass is 35.5. The maximum absolute atomic E-state index is 12.9. The van der Waals surface area contributed by atoms with Gasteiger partial charge in [-0.2, -0.15) is 0 Å². The van der Waals surface area contributed by atoms with Crippen molar-refractivity contribution in [1.29, 1.82) is 0 Å². The van der Waals surface area contributed by atoms with E-state index in [1.54, 1.807) is 38.1 Å². The standard InChI is InChI=1S/C22H29ClN2O4/c1-6-29-22(28)21-15(5)25(12-19(26)24-14(4)13(2)3)20(27)11-18(21)16-7-9-17(23)10-8-16/h7-10,13-14,18H,6,11-12H2,1-5H3,(H,24,26). The quantitative estimate of drug-likeness (QED) is 0.683. The average molecular weight is 421 g/mol. The molecule has 158 valence electrons. The van der Waals surface area contributed by atoms with Crippen molar-refractivity contribution in [1.82, 2.24) is 10.2 Å². The molecule has 1 aromatic rings. The summed E-state index contributed by atoms with van der Waals surface area (Å²) in [5.74, 6) is -1.10. The molecular formula is C22H29ClN2O4. The van der Waals surface area contributed by atoms with Crippen LogP contribution >= 0.6 is 11.6 Å². The van der Waals surface area contributed by atoms with Gasteiger partial charge in [0, 0.05) is 29.1 Å². The number of carbonyl (C=O) groups is 3. The van der Waals surface area contributed by atoms with E-state index in [0.717, 1.165) is 5.56 Å². The Labute approximate surface area is 177 Å². The molecule has 1 heterocycles. The van der Waals surface area contributed by atoms with Gasteiger partial charge in [0.1, 0.15) is 6.54 Å². The molecule has 1 aliphatic heterocycles. The van der Waals surface area contributed by atoms with Crippen molar-refractivity contribution >= 4 is 29.4 Å². The van der Waals surface area contributed by atoms with Crippen LogP contribution in [0.5, 0.6) is 0 Å². The fraction of sp³-hybridized carbons (Fsp3) is 0.500. The summed E-state index contributed by atoms with van der Waals surface area (Å²) >= 11 is 5.98. The first-order valence-corrected chi connectivity index (χ1v) is 10.3. The lowest BCUT2D eigenvalue weighted by Crippen LogP contribution is -2.46. The van der Waals surface area contributed by atoms with E-state index in [0.29, 0.717) is 16.3 Å². The number of carbonyl (C=O) groups excluding carboxylic acids is 3. The Balaban J connectivity index is 2.37. The van der Waals surface area contributed by atoms with Crippen LogP contribution in [-0.2, 0) is 19.1 Å². The first kappa shape index (κ1) is 22.9. The summed E-state index contributed by atoms with van der Waals surface area (Å²) < 4.78 is 5.25. The predicted molar refractivity (Wildman–Crippen MR) is 112 cm³/mol. The number of nitrogens with zero attached hydrogens (tertiary/aromatic N) is 1. The van der Waals surface area contributed by atoms with Gasteiger partial charge in [-0.3, -0.25) is 9.59 Å². The summed E-state index contributed by atoms with van der Waals surface area (Å²) in [6, 6.07) is 7.05. The van der Waals surface area contributed by atoms with Crippen LogP contribution in [0.15, 0.2) is 35.5 Å². The number of halogens is 1. The molecule has 1 N–H and O–H groups in total. The second kappa shape index (κ2) is 9.92. The minimum Gasteiger partial charge on any atom is -0.463 e. The van der Waals surface area contributed by atoms with Gasteiger partial charge in [0.15, 0.2) is 0 Å². The molecule has 0 saturated heterocycles. The largest absolute Gasteiger partial charge is 0.463 e. The summed E-state index contributed by atoms with van der Waals surface area (Å²) in [4.78, 5) is 39.4. The molecule has 0 saturated carbocycles. The fourth-order valence-corrected chi connectivity index (χ4v) is 3.39. The van der Waals surface area contributed by atoms with Crippen LogP contribution in [0.4, 0.5) is 0 Å². The molecule has 0 fully saturated rings. The van der Waals surface area contributed by atoms with Gasteiger partial charge in [0.05, 0.1) is 12.2 Å². The second-order valence-electron chi connectivity index (χ2n) is 7.61. The summed E-state index contributed by atoms with van der Waals surface area (Å²) in [5.41, 5.74) is 1.66. The molecule has 0 radical (unpaired) electrons. The molecule has 6 nitrogen and oxygen atoms in total. The molecule has 2 unspecified atom stereocenters. The van der Waals surface area contributed by atoms with Gasteiger partial charge >= 0.3 is 5.97 Å². The molecule has 0 aromatic heterocycles. The third-order valence-electron chi connectivity index (χ3n) is 5.28. The fourth-order valence-electron chi connectivity index (χ4n) is 3.27. The van der Waals surface area contributed by atoms with Crippen LogP contribution in [0.3, 0.4) is 0 Å². The Morgan fingerprint density at radius 3 is 2.41 bits per heavy atom. The number of esters is 1. The third kappa shape index (κ3) is 5.60. The molecule has 2 atom stereocenters. The first-order chi connectivity index (χ1) is 13.6. The van der Waals surface area contributed by atoms with E-state index in [2.05, 4.69) is 5.32 Å². The van der Waals surface area contributed by atoms with E-state index in [9.17, 15) is 14.4 Å². The Morgan fingerprint density at radius 1 is 1.24 bits per heavy atom. The summed E-state index contributed by atoms with van der Waals surface area (Å²) in [6.45, 7) is 9.46. The number of rotatable bonds is 7. The third-order valence-corrected chi connectivity index (χ3v) is 5.53. The Hall–Kier alpha value is -2.34. The summed E-state index contributed by atoms with van der Waals surface area (Å²) in [7, 11) is 0. The van der Waals surface area contributed by atoms with Gasteiger partial charge in [-0.1, -0.05) is 37.6 Å². The Morgan fingerprint density at radius 2 is 1.86 bits per heavy atom. The highest BCUT2D eigenvalue weighted by Crippen LogP contribution is 2.37. The molecule has 2 amide bonds. The van der Waals surface area contributed by atoms with Crippen LogP contribution in [0.2, 0.25) is 5.02 Å². The topological polar surface area (TPSA) is 75.7 Å². The van der Waals surface area contributed by atoms with Crippen molar-refractivity contribution < 1.29 is 19.1 Å². The maximum Gasteiger partial charge on any atom is 0.336 e. The molecule has 29 heavy (non-hydrogen) atoms. The van der Waals surface area contributed by atoms with Gasteiger partial charge < -0.3 is 15.0 Å². The molecule has 2 rings (SSSR count). The van der Waals surface area contributed by atoms with Gasteiger partial charge in [-0.15, -0.1) is 0 Å². The number of benzene rings is 1. The maximum atomic E-state index is 12.9. The average Bonchev–Trinajstić information content (AvgIpc) is 2.65. The Bertz CT molecular complexity index is 802. The van der Waals surface area contributed by atoms with E-state index in [-0.39, 0.29) is 43.3 Å². The van der Waals surface area contributed by atoms with Crippen molar-refractivity contribution in [2.45, 2.75) is 53.0 Å². The van der Waals surface area contributed by atoms with Gasteiger partial charge in [0.2, 0.25) is 11.8 Å². The zero-order chi connectivity index (χ0) is 21.7. The van der Waals surface area contributed by atoms with E-state index >= 15 is 0 Å². The number of amides is 2. The number of nitrogens with one attached hydrogen (secondary N) is 1. The predicted octanol–water partition coefficient (Wildman–Crippen LogP) is 3.65. The molecular weight excluding hydrogens is 392 g/mol. The van der Waals surface area contributed by atoms with Crippen LogP contribution in [-0.4, -0.2) is 41.9 Å². The zero-order valence-corrected chi connectivity index (χ0v) is 18.4. The molecule has 0 bridgehead atoms. The van der Waals surface area contributed by atoms with E-state index in [1.807, 2.05) is 20.8 Å². The molecule has 1 aromatic carbocycles. The first-order valence-electron chi connectivity index (χ1n) is 9.88. The zero-order valence-electron chi connectivity index (χ0n) is 17.6. The van der Waals surface area contributed by atoms with Crippen LogP contribution in [0.25, 0.3) is 0 Å². The number of ether oxygens (including phenoxy) is 1. The lowest BCUT2D eigenvalue weighted by atomic mass is 9.83. The SMILES string of the molecule is CCOC(=O)C1=C(C)N(CC(=O)NC(C)C(C)C)C(=O)CC1c1ccc(Cl)cc1. The van der Waals surface area contributed by atoms with Crippen molar-refractivity contribution in [3.05, 3.63) is 46.1 Å². The van der Waals surface area contributed by atoms with Crippen LogP contribution in [0.1, 0.15) is 52.5 Å². The number of hydrogen-bond acceptors (Lipinski definition) is 4. The minimum atomic E-state index is -0.474. The van der Waals surface area contributed by atoms with Gasteiger partial charge in [-0.05, 0) is 44.4 Å². The lowest BCUT2D eigenvalue weighted by molar-refractivity contribution is -0.141. The highest BCUT2D eigenvalue weighted by Gasteiger charge is 2.37. The minimum absolute atomic E-state index is 0.0157. The highest BCUT2D eigenvalue weighted by molar-refractivity contribution is 6.30. The Kier molecular flexibility index (Phi) is 7.85. The summed E-state index contributed by atoms with van der Waals surface area (Å²) in [6.07, 6.45) is 0.0835. The smallest absolute Gasteiger partial charge is 0.336 e. The van der Waals surface area contributed by atoms with Crippen molar-refractivity contribution in [2.24, 2.45) is 5.92 Å². The van der Waals surface area contributed by atoms with Crippen molar-refractivity contribution in [3.8, 4) is 0 Å². The normalized spacial score (nSPS) is 18.1. The van der Waals surface area contributed by atoms with E-state index < -0.39 is 11.9 Å². The molecule has 1 aliphatic rings. The second-order valence-corrected chi connectivity index (χ2v) is 8.04. The van der Waals surface area contributed by atoms with Crippen molar-refractivity contribution in [2.75, 3.05) is 13.2 Å². The van der Waals surface area contributed by atoms with Crippen LogP contribution < -0.4 is 5.32 Å². The van der Waals surface area contributed by atoms with E-state index in [4.69, 9.17) is 16.3 Å². The lowest BCUT2D eigenvalue weighted by Gasteiger charge is -2.34. The van der Waals surface area contributed by atoms with Crippen molar-refractivity contribution in [3.63, 3.8) is 0 Å². The molecule has 0 aliphatic carbocycles. The van der Waals surface area contributed by atoms with E-state index in [1.165, 1.54) is 4.90 Å². The monoisotopic (exact) mass is 420 g/mol. The van der Waals surface area contributed by atoms with Crippen LogP contribution in [0, 0.1) is 5.92 Å². The molecule has 7 heteroatoms. The molecule has 0 spiro atoms. The van der Waals surface area contributed by atoms with Gasteiger partial charge in [0.25, 0.3) is 0 Å². The van der Waals surface area contributed by atoms with Gasteiger partial charge in [-0.25, -0.2) is 4.79 Å². The number of allylic oxidation sites excluding steroid dienone is 1.